The van der Waals surface area contributed by atoms with Crippen LogP contribution in [-0.2, 0) is 9.53 Å². The van der Waals surface area contributed by atoms with E-state index in [4.69, 9.17) is 9.84 Å². The normalized spacial score (nSPS) is 42.3. The molecule has 2 fully saturated rings. The van der Waals surface area contributed by atoms with Crippen LogP contribution < -0.4 is 0 Å². The van der Waals surface area contributed by atoms with Crippen LogP contribution in [0.2, 0.25) is 0 Å². The van der Waals surface area contributed by atoms with Gasteiger partial charge in [0.15, 0.2) is 0 Å². The maximum Gasteiger partial charge on any atom is 0.309 e. The number of esters is 1. The molecule has 0 spiro atoms. The second-order valence-corrected chi connectivity index (χ2v) is 3.36. The topological polar surface area (TPSA) is 46.5 Å². The average Bonchev–Trinajstić information content (AvgIpc) is 2.54. The van der Waals surface area contributed by atoms with Gasteiger partial charge in [-0.1, -0.05) is 6.42 Å². The maximum absolute atomic E-state index is 11.1. The Kier molecular flexibility index (Phi) is 1.60. The van der Waals surface area contributed by atoms with Gasteiger partial charge in [0.25, 0.3) is 0 Å². The zero-order valence-electron chi connectivity index (χ0n) is 6.32. The van der Waals surface area contributed by atoms with Gasteiger partial charge in [0.05, 0.1) is 12.5 Å². The first kappa shape index (κ1) is 7.10. The van der Waals surface area contributed by atoms with Gasteiger partial charge in [-0.3, -0.25) is 4.79 Å². The van der Waals surface area contributed by atoms with Crippen molar-refractivity contribution in [3.8, 4) is 0 Å². The van der Waals surface area contributed by atoms with Crippen LogP contribution >= 0.6 is 0 Å². The van der Waals surface area contributed by atoms with Crippen LogP contribution in [0.4, 0.5) is 0 Å². The van der Waals surface area contributed by atoms with Crippen molar-refractivity contribution < 1.29 is 14.6 Å². The first-order valence-corrected chi connectivity index (χ1v) is 4.14. The Balaban J connectivity index is 2.13. The molecule has 0 aromatic carbocycles. The fourth-order valence-corrected chi connectivity index (χ4v) is 2.22. The van der Waals surface area contributed by atoms with Crippen LogP contribution in [0.25, 0.3) is 0 Å². The van der Waals surface area contributed by atoms with Crippen LogP contribution in [-0.4, -0.2) is 23.8 Å². The summed E-state index contributed by atoms with van der Waals surface area (Å²) >= 11 is 0. The van der Waals surface area contributed by atoms with Gasteiger partial charge in [0.1, 0.15) is 6.10 Å². The van der Waals surface area contributed by atoms with Crippen molar-refractivity contribution in [2.45, 2.75) is 25.4 Å². The van der Waals surface area contributed by atoms with E-state index in [0.717, 1.165) is 19.3 Å². The van der Waals surface area contributed by atoms with Gasteiger partial charge in [-0.05, 0) is 12.8 Å². The molecule has 3 heteroatoms. The summed E-state index contributed by atoms with van der Waals surface area (Å²) in [4.78, 5) is 11.1. The molecule has 0 aromatic heterocycles. The van der Waals surface area contributed by atoms with Gasteiger partial charge in [-0.25, -0.2) is 0 Å². The molecule has 2 unspecified atom stereocenters. The summed E-state index contributed by atoms with van der Waals surface area (Å²) in [7, 11) is 0. The number of cyclic esters (lactones) is 1. The number of fused-ring (bicyclic) bond motifs is 1. The summed E-state index contributed by atoms with van der Waals surface area (Å²) in [6.07, 6.45) is 2.91. The predicted molar refractivity (Wildman–Crippen MR) is 37.8 cm³/mol. The van der Waals surface area contributed by atoms with Crippen LogP contribution in [0.5, 0.6) is 0 Å². The van der Waals surface area contributed by atoms with E-state index in [1.807, 2.05) is 0 Å². The molecule has 0 bridgehead atoms. The van der Waals surface area contributed by atoms with E-state index in [0.29, 0.717) is 5.92 Å². The average molecular weight is 156 g/mol. The van der Waals surface area contributed by atoms with Gasteiger partial charge in [0, 0.05) is 5.92 Å². The van der Waals surface area contributed by atoms with E-state index in [1.54, 1.807) is 0 Å². The number of carbonyl (C=O) groups is 1. The standard InChI is InChI=1S/C8H12O3/c9-4-7-5-2-1-3-6(5)8(10)11-7/h5-7,9H,1-4H2/t5?,6?,7-/m0/s1. The van der Waals surface area contributed by atoms with Crippen LogP contribution in [0.15, 0.2) is 0 Å². The van der Waals surface area contributed by atoms with Gasteiger partial charge in [-0.2, -0.15) is 0 Å². The third kappa shape index (κ3) is 0.948. The third-order valence-corrected chi connectivity index (χ3v) is 2.80. The Bertz CT molecular complexity index is 178. The fourth-order valence-electron chi connectivity index (χ4n) is 2.22. The summed E-state index contributed by atoms with van der Waals surface area (Å²) in [6.45, 7) is -0.00704. The lowest BCUT2D eigenvalue weighted by molar-refractivity contribution is -0.145. The fraction of sp³-hybridized carbons (Fsp3) is 0.875. The van der Waals surface area contributed by atoms with E-state index in [1.165, 1.54) is 0 Å². The highest BCUT2D eigenvalue weighted by molar-refractivity contribution is 5.75. The zero-order chi connectivity index (χ0) is 7.84. The molecule has 3 nitrogen and oxygen atoms in total. The number of ether oxygens (including phenoxy) is 1. The van der Waals surface area contributed by atoms with Gasteiger partial charge in [0.2, 0.25) is 0 Å². The molecule has 1 saturated heterocycles. The van der Waals surface area contributed by atoms with Crippen LogP contribution in [0.3, 0.4) is 0 Å². The number of hydrogen-bond donors (Lipinski definition) is 1. The molecule has 1 aliphatic heterocycles. The van der Waals surface area contributed by atoms with Crippen molar-refractivity contribution in [2.75, 3.05) is 6.61 Å². The molecule has 62 valence electrons. The molecule has 0 radical (unpaired) electrons. The third-order valence-electron chi connectivity index (χ3n) is 2.80. The molecular formula is C8H12O3. The highest BCUT2D eigenvalue weighted by atomic mass is 16.6. The van der Waals surface area contributed by atoms with E-state index in [9.17, 15) is 4.79 Å². The Hall–Kier alpha value is -0.570. The molecule has 0 amide bonds. The minimum Gasteiger partial charge on any atom is -0.459 e. The molecular weight excluding hydrogens is 144 g/mol. The summed E-state index contributed by atoms with van der Waals surface area (Å²) < 4.78 is 4.99. The number of aliphatic hydroxyl groups is 1. The maximum atomic E-state index is 11.1. The van der Waals surface area contributed by atoms with E-state index < -0.39 is 0 Å². The van der Waals surface area contributed by atoms with Crippen molar-refractivity contribution >= 4 is 5.97 Å². The molecule has 1 saturated carbocycles. The Morgan fingerprint density at radius 3 is 3.09 bits per heavy atom. The number of rotatable bonds is 1. The van der Waals surface area contributed by atoms with Crippen molar-refractivity contribution in [3.63, 3.8) is 0 Å². The lowest BCUT2D eigenvalue weighted by Gasteiger charge is -2.11. The second kappa shape index (κ2) is 2.48. The molecule has 0 aromatic rings. The smallest absolute Gasteiger partial charge is 0.309 e. The summed E-state index contributed by atoms with van der Waals surface area (Å²) in [5, 5.41) is 8.85. The van der Waals surface area contributed by atoms with Gasteiger partial charge < -0.3 is 9.84 Å². The van der Waals surface area contributed by atoms with E-state index in [-0.39, 0.29) is 24.6 Å². The molecule has 1 N–H and O–H groups in total. The summed E-state index contributed by atoms with van der Waals surface area (Å²) in [5.74, 6) is 0.325. The van der Waals surface area contributed by atoms with Crippen molar-refractivity contribution in [1.82, 2.24) is 0 Å². The minimum absolute atomic E-state index is 0.00704. The molecule has 1 heterocycles. The SMILES string of the molecule is O=C1O[C@@H](CO)C2CCCC12. The van der Waals surface area contributed by atoms with Gasteiger partial charge in [-0.15, -0.1) is 0 Å². The number of hydrogen-bond acceptors (Lipinski definition) is 3. The molecule has 2 aliphatic rings. The molecule has 3 atom stereocenters. The molecule has 11 heavy (non-hydrogen) atoms. The van der Waals surface area contributed by atoms with Crippen molar-refractivity contribution in [1.29, 1.82) is 0 Å². The Morgan fingerprint density at radius 1 is 1.55 bits per heavy atom. The van der Waals surface area contributed by atoms with E-state index >= 15 is 0 Å². The quantitative estimate of drug-likeness (QED) is 0.556. The first-order chi connectivity index (χ1) is 5.33. The lowest BCUT2D eigenvalue weighted by atomic mass is 9.94. The monoisotopic (exact) mass is 156 g/mol. The minimum atomic E-state index is -0.199. The number of carbonyl (C=O) groups excluding carboxylic acids is 1. The Morgan fingerprint density at radius 2 is 2.36 bits per heavy atom. The lowest BCUT2D eigenvalue weighted by Crippen LogP contribution is -2.20. The van der Waals surface area contributed by atoms with Crippen molar-refractivity contribution in [2.24, 2.45) is 11.8 Å². The molecule has 1 aliphatic carbocycles. The van der Waals surface area contributed by atoms with E-state index in [2.05, 4.69) is 0 Å². The zero-order valence-corrected chi connectivity index (χ0v) is 6.32. The predicted octanol–water partition coefficient (Wildman–Crippen LogP) is 0.320. The first-order valence-electron chi connectivity index (χ1n) is 4.14. The molecule has 2 rings (SSSR count). The Labute approximate surface area is 65.4 Å². The highest BCUT2D eigenvalue weighted by Gasteiger charge is 2.46. The van der Waals surface area contributed by atoms with Crippen molar-refractivity contribution in [3.05, 3.63) is 0 Å². The van der Waals surface area contributed by atoms with Gasteiger partial charge >= 0.3 is 5.97 Å². The summed E-state index contributed by atoms with van der Waals surface area (Å²) in [6, 6.07) is 0. The number of aliphatic hydroxyl groups excluding tert-OH is 1. The highest BCUT2D eigenvalue weighted by Crippen LogP contribution is 2.41. The largest absolute Gasteiger partial charge is 0.459 e. The second-order valence-electron chi connectivity index (χ2n) is 3.36. The summed E-state index contributed by atoms with van der Waals surface area (Å²) in [5.41, 5.74) is 0. The van der Waals surface area contributed by atoms with Crippen LogP contribution in [0.1, 0.15) is 19.3 Å². The van der Waals surface area contributed by atoms with Crippen LogP contribution in [0, 0.1) is 11.8 Å².